The van der Waals surface area contributed by atoms with Gasteiger partial charge in [0, 0.05) is 31.0 Å². The number of hydrogen-bond donors (Lipinski definition) is 3. The number of benzene rings is 1. The first-order chi connectivity index (χ1) is 9.95. The van der Waals surface area contributed by atoms with Gasteiger partial charge in [-0.1, -0.05) is 11.6 Å². The highest BCUT2D eigenvalue weighted by molar-refractivity contribution is 6.33. The van der Waals surface area contributed by atoms with Crippen LogP contribution in [0.1, 0.15) is 15.9 Å². The number of anilines is 1. The van der Waals surface area contributed by atoms with E-state index in [1.807, 2.05) is 0 Å². The molecule has 2 rings (SSSR count). The second-order valence-electron chi connectivity index (χ2n) is 4.33. The van der Waals surface area contributed by atoms with Crippen LogP contribution >= 0.6 is 11.6 Å². The Morgan fingerprint density at radius 1 is 1.43 bits per heavy atom. The largest absolute Gasteiger partial charge is 0.478 e. The van der Waals surface area contributed by atoms with Gasteiger partial charge < -0.3 is 15.7 Å². The number of aromatic nitrogens is 2. The maximum Gasteiger partial charge on any atom is 0.337 e. The van der Waals surface area contributed by atoms with E-state index < -0.39 is 12.0 Å². The van der Waals surface area contributed by atoms with Crippen molar-refractivity contribution in [1.29, 1.82) is 0 Å². The Bertz CT molecular complexity index is 684. The standard InChI is InChI=1S/C13H13ClN4O3/c1-18-7-8(6-16-18)5-15-13(21)17-9-2-3-10(12(19)20)11(14)4-9/h2-4,6-7H,5H2,1H3,(H,19,20)(H2,15,17,21). The zero-order valence-electron chi connectivity index (χ0n) is 11.1. The first-order valence-electron chi connectivity index (χ1n) is 6.01. The van der Waals surface area contributed by atoms with Crippen molar-refractivity contribution in [2.45, 2.75) is 6.54 Å². The van der Waals surface area contributed by atoms with Crippen LogP contribution in [0.4, 0.5) is 10.5 Å². The van der Waals surface area contributed by atoms with Crippen LogP contribution in [0.2, 0.25) is 5.02 Å². The molecule has 1 aromatic carbocycles. The summed E-state index contributed by atoms with van der Waals surface area (Å²) in [6.45, 7) is 0.334. The summed E-state index contributed by atoms with van der Waals surface area (Å²) in [4.78, 5) is 22.5. The third-order valence-electron chi connectivity index (χ3n) is 2.67. The lowest BCUT2D eigenvalue weighted by molar-refractivity contribution is 0.0697. The van der Waals surface area contributed by atoms with E-state index in [1.165, 1.54) is 18.2 Å². The van der Waals surface area contributed by atoms with Gasteiger partial charge in [0.1, 0.15) is 0 Å². The van der Waals surface area contributed by atoms with Crippen LogP contribution in [0, 0.1) is 0 Å². The molecule has 2 amide bonds. The van der Waals surface area contributed by atoms with Crippen LogP contribution < -0.4 is 10.6 Å². The summed E-state index contributed by atoms with van der Waals surface area (Å²) in [7, 11) is 1.79. The lowest BCUT2D eigenvalue weighted by Crippen LogP contribution is -2.28. The average Bonchev–Trinajstić information content (AvgIpc) is 2.82. The number of halogens is 1. The van der Waals surface area contributed by atoms with Crippen molar-refractivity contribution in [3.8, 4) is 0 Å². The first kappa shape index (κ1) is 14.9. The summed E-state index contributed by atoms with van der Waals surface area (Å²) in [6.07, 6.45) is 3.44. The fourth-order valence-electron chi connectivity index (χ4n) is 1.69. The van der Waals surface area contributed by atoms with E-state index in [0.717, 1.165) is 5.56 Å². The zero-order valence-corrected chi connectivity index (χ0v) is 11.9. The van der Waals surface area contributed by atoms with Crippen molar-refractivity contribution in [3.63, 3.8) is 0 Å². The Labute approximate surface area is 125 Å². The monoisotopic (exact) mass is 308 g/mol. The number of rotatable bonds is 4. The summed E-state index contributed by atoms with van der Waals surface area (Å²) < 4.78 is 1.64. The van der Waals surface area contributed by atoms with E-state index in [-0.39, 0.29) is 10.6 Å². The third kappa shape index (κ3) is 3.96. The number of aryl methyl sites for hydroxylation is 1. The molecule has 1 aromatic heterocycles. The molecule has 0 saturated carbocycles. The smallest absolute Gasteiger partial charge is 0.337 e. The first-order valence-corrected chi connectivity index (χ1v) is 6.38. The number of nitrogens with one attached hydrogen (secondary N) is 2. The van der Waals surface area contributed by atoms with E-state index in [1.54, 1.807) is 24.1 Å². The fourth-order valence-corrected chi connectivity index (χ4v) is 1.95. The molecule has 110 valence electrons. The van der Waals surface area contributed by atoms with Gasteiger partial charge in [-0.25, -0.2) is 9.59 Å². The Kier molecular flexibility index (Phi) is 4.44. The molecule has 8 heteroatoms. The van der Waals surface area contributed by atoms with Crippen LogP contribution in [0.15, 0.2) is 30.6 Å². The van der Waals surface area contributed by atoms with Gasteiger partial charge in [0.25, 0.3) is 0 Å². The Morgan fingerprint density at radius 3 is 2.76 bits per heavy atom. The van der Waals surface area contributed by atoms with Gasteiger partial charge in [-0.2, -0.15) is 5.10 Å². The van der Waals surface area contributed by atoms with Crippen LogP contribution in [0.25, 0.3) is 0 Å². The van der Waals surface area contributed by atoms with Crippen LogP contribution in [0.3, 0.4) is 0 Å². The molecule has 0 fully saturated rings. The van der Waals surface area contributed by atoms with Gasteiger partial charge in [0.05, 0.1) is 16.8 Å². The molecule has 7 nitrogen and oxygen atoms in total. The molecule has 0 saturated heterocycles. The Morgan fingerprint density at radius 2 is 2.19 bits per heavy atom. The molecule has 0 aliphatic rings. The average molecular weight is 309 g/mol. The number of carboxylic acids is 1. The van der Waals surface area contributed by atoms with E-state index in [4.69, 9.17) is 16.7 Å². The third-order valence-corrected chi connectivity index (χ3v) is 2.98. The molecule has 0 aliphatic heterocycles. The molecule has 0 spiro atoms. The quantitative estimate of drug-likeness (QED) is 0.805. The number of aromatic carboxylic acids is 1. The molecule has 21 heavy (non-hydrogen) atoms. The molecular weight excluding hydrogens is 296 g/mol. The summed E-state index contributed by atoms with van der Waals surface area (Å²) in [6, 6.07) is 3.77. The fraction of sp³-hybridized carbons (Fsp3) is 0.154. The molecule has 3 N–H and O–H groups in total. The van der Waals surface area contributed by atoms with Crippen LogP contribution in [-0.2, 0) is 13.6 Å². The van der Waals surface area contributed by atoms with E-state index in [0.29, 0.717) is 12.2 Å². The van der Waals surface area contributed by atoms with Gasteiger partial charge in [-0.3, -0.25) is 4.68 Å². The minimum Gasteiger partial charge on any atom is -0.478 e. The molecule has 1 heterocycles. The number of nitrogens with zero attached hydrogens (tertiary/aromatic N) is 2. The molecule has 0 radical (unpaired) electrons. The minimum absolute atomic E-state index is 0.0158. The van der Waals surface area contributed by atoms with E-state index in [9.17, 15) is 9.59 Å². The molecule has 0 unspecified atom stereocenters. The highest BCUT2D eigenvalue weighted by atomic mass is 35.5. The zero-order chi connectivity index (χ0) is 15.4. The SMILES string of the molecule is Cn1cc(CNC(=O)Nc2ccc(C(=O)O)c(Cl)c2)cn1. The predicted molar refractivity (Wildman–Crippen MR) is 77.5 cm³/mol. The lowest BCUT2D eigenvalue weighted by atomic mass is 10.2. The predicted octanol–water partition coefficient (Wildman–Crippen LogP) is 2.09. The summed E-state index contributed by atoms with van der Waals surface area (Å²) in [5.41, 5.74) is 1.26. The molecule has 0 aliphatic carbocycles. The van der Waals surface area contributed by atoms with Crippen molar-refractivity contribution in [1.82, 2.24) is 15.1 Å². The van der Waals surface area contributed by atoms with Crippen LogP contribution in [0.5, 0.6) is 0 Å². The number of carbonyl (C=O) groups is 2. The number of carbonyl (C=O) groups excluding carboxylic acids is 1. The summed E-state index contributed by atoms with van der Waals surface area (Å²) in [5.74, 6) is -1.12. The minimum atomic E-state index is -1.12. The molecular formula is C13H13ClN4O3. The topological polar surface area (TPSA) is 96.2 Å². The van der Waals surface area contributed by atoms with Crippen molar-refractivity contribution < 1.29 is 14.7 Å². The highest BCUT2D eigenvalue weighted by Crippen LogP contribution is 2.20. The number of carboxylic acid groups (broad SMARTS) is 1. The Hall–Kier alpha value is -2.54. The van der Waals surface area contributed by atoms with Gasteiger partial charge >= 0.3 is 12.0 Å². The summed E-state index contributed by atoms with van der Waals surface area (Å²) in [5, 5.41) is 18.1. The van der Waals surface area contributed by atoms with E-state index >= 15 is 0 Å². The molecule has 0 atom stereocenters. The normalized spacial score (nSPS) is 10.2. The van der Waals surface area contributed by atoms with Gasteiger partial charge in [-0.05, 0) is 18.2 Å². The molecule has 0 bridgehead atoms. The van der Waals surface area contributed by atoms with Gasteiger partial charge in [0.15, 0.2) is 0 Å². The van der Waals surface area contributed by atoms with Crippen molar-refractivity contribution in [2.24, 2.45) is 7.05 Å². The number of urea groups is 1. The van der Waals surface area contributed by atoms with Gasteiger partial charge in [0.2, 0.25) is 0 Å². The second kappa shape index (κ2) is 6.27. The van der Waals surface area contributed by atoms with Crippen molar-refractivity contribution in [2.75, 3.05) is 5.32 Å². The number of hydrogen-bond acceptors (Lipinski definition) is 3. The van der Waals surface area contributed by atoms with E-state index in [2.05, 4.69) is 15.7 Å². The maximum atomic E-state index is 11.7. The summed E-state index contributed by atoms with van der Waals surface area (Å²) >= 11 is 5.82. The highest BCUT2D eigenvalue weighted by Gasteiger charge is 2.10. The number of amides is 2. The lowest BCUT2D eigenvalue weighted by Gasteiger charge is -2.08. The van der Waals surface area contributed by atoms with Gasteiger partial charge in [-0.15, -0.1) is 0 Å². The van der Waals surface area contributed by atoms with Crippen molar-refractivity contribution in [3.05, 3.63) is 46.7 Å². The second-order valence-corrected chi connectivity index (χ2v) is 4.74. The van der Waals surface area contributed by atoms with Crippen molar-refractivity contribution >= 4 is 29.3 Å². The maximum absolute atomic E-state index is 11.7. The van der Waals surface area contributed by atoms with Crippen LogP contribution in [-0.4, -0.2) is 26.9 Å². The Balaban J connectivity index is 1.93. The molecule has 2 aromatic rings.